The van der Waals surface area contributed by atoms with Crippen molar-refractivity contribution in [3.8, 4) is 0 Å². The van der Waals surface area contributed by atoms with Crippen LogP contribution in [0.5, 0.6) is 0 Å². The van der Waals surface area contributed by atoms with E-state index in [1.54, 1.807) is 29.4 Å². The maximum atomic E-state index is 12.4. The fourth-order valence-corrected chi connectivity index (χ4v) is 3.52. The van der Waals surface area contributed by atoms with Crippen molar-refractivity contribution in [2.75, 3.05) is 39.5 Å². The lowest BCUT2D eigenvalue weighted by Crippen LogP contribution is -2.25. The molecule has 1 N–H and O–H groups in total. The highest BCUT2D eigenvalue weighted by Gasteiger charge is 2.12. The Morgan fingerprint density at radius 1 is 1.17 bits per heavy atom. The molecule has 0 radical (unpaired) electrons. The fourth-order valence-electron chi connectivity index (χ4n) is 2.89. The Balaban J connectivity index is 1.71. The molecule has 152 valence electrons. The van der Waals surface area contributed by atoms with Crippen LogP contribution in [-0.2, 0) is 11.3 Å². The molecule has 0 saturated heterocycles. The Kier molecular flexibility index (Phi) is 7.32. The Labute approximate surface area is 175 Å². The Morgan fingerprint density at radius 2 is 2.00 bits per heavy atom. The van der Waals surface area contributed by atoms with Gasteiger partial charge < -0.3 is 15.1 Å². The van der Waals surface area contributed by atoms with Crippen molar-refractivity contribution in [2.24, 2.45) is 0 Å². The van der Waals surface area contributed by atoms with Crippen molar-refractivity contribution in [3.05, 3.63) is 58.6 Å². The van der Waals surface area contributed by atoms with Gasteiger partial charge in [-0.1, -0.05) is 12.1 Å². The van der Waals surface area contributed by atoms with E-state index in [2.05, 4.69) is 29.3 Å². The SMILES string of the molecule is CN(C)CCCNc1nc(CN(C)C(=O)/C=C/c2ccsc2)nc2ccccc12. The van der Waals surface area contributed by atoms with Crippen LogP contribution >= 0.6 is 11.3 Å². The highest BCUT2D eigenvalue weighted by Crippen LogP contribution is 2.20. The van der Waals surface area contributed by atoms with E-state index in [0.717, 1.165) is 41.8 Å². The van der Waals surface area contributed by atoms with Crippen molar-refractivity contribution >= 4 is 40.0 Å². The van der Waals surface area contributed by atoms with E-state index in [4.69, 9.17) is 4.98 Å². The summed E-state index contributed by atoms with van der Waals surface area (Å²) in [4.78, 5) is 25.6. The molecule has 0 aliphatic heterocycles. The summed E-state index contributed by atoms with van der Waals surface area (Å²) in [6, 6.07) is 9.93. The zero-order valence-corrected chi connectivity index (χ0v) is 17.9. The Morgan fingerprint density at radius 3 is 2.76 bits per heavy atom. The first-order chi connectivity index (χ1) is 14.0. The minimum Gasteiger partial charge on any atom is -0.369 e. The van der Waals surface area contributed by atoms with E-state index in [1.165, 1.54) is 0 Å². The van der Waals surface area contributed by atoms with Crippen LogP contribution in [0.25, 0.3) is 17.0 Å². The van der Waals surface area contributed by atoms with Crippen LogP contribution in [0.4, 0.5) is 5.82 Å². The molecule has 0 spiro atoms. The number of likely N-dealkylation sites (N-methyl/N-ethyl adjacent to an activating group) is 1. The van der Waals surface area contributed by atoms with Gasteiger partial charge >= 0.3 is 0 Å². The molecule has 3 aromatic rings. The predicted molar refractivity (Wildman–Crippen MR) is 121 cm³/mol. The lowest BCUT2D eigenvalue weighted by atomic mass is 10.2. The summed E-state index contributed by atoms with van der Waals surface area (Å²) in [7, 11) is 5.90. The third-order valence-electron chi connectivity index (χ3n) is 4.44. The van der Waals surface area contributed by atoms with Crippen LogP contribution in [-0.4, -0.2) is 59.9 Å². The normalized spacial score (nSPS) is 11.4. The number of anilines is 1. The van der Waals surface area contributed by atoms with Gasteiger partial charge in [-0.15, -0.1) is 0 Å². The van der Waals surface area contributed by atoms with Gasteiger partial charge in [0, 0.05) is 25.1 Å². The number of aromatic nitrogens is 2. The highest BCUT2D eigenvalue weighted by molar-refractivity contribution is 7.08. The van der Waals surface area contributed by atoms with Gasteiger partial charge in [0.25, 0.3) is 0 Å². The van der Waals surface area contributed by atoms with Gasteiger partial charge in [-0.3, -0.25) is 4.79 Å². The summed E-state index contributed by atoms with van der Waals surface area (Å²) in [5.74, 6) is 1.37. The summed E-state index contributed by atoms with van der Waals surface area (Å²) in [6.45, 7) is 2.19. The van der Waals surface area contributed by atoms with Crippen molar-refractivity contribution in [2.45, 2.75) is 13.0 Å². The molecule has 1 amide bonds. The molecule has 1 aromatic carbocycles. The summed E-state index contributed by atoms with van der Waals surface area (Å²) in [5, 5.41) is 8.42. The quantitative estimate of drug-likeness (QED) is 0.431. The van der Waals surface area contributed by atoms with Crippen LogP contribution in [0.3, 0.4) is 0 Å². The first kappa shape index (κ1) is 21.0. The number of para-hydroxylation sites is 1. The molecule has 0 aliphatic carbocycles. The maximum Gasteiger partial charge on any atom is 0.246 e. The number of thiophene rings is 1. The zero-order chi connectivity index (χ0) is 20.6. The average Bonchev–Trinajstić information content (AvgIpc) is 3.22. The van der Waals surface area contributed by atoms with Gasteiger partial charge in [0.05, 0.1) is 12.1 Å². The average molecular weight is 410 g/mol. The molecule has 2 aromatic heterocycles. The van der Waals surface area contributed by atoms with Crippen molar-refractivity contribution in [1.82, 2.24) is 19.8 Å². The minimum atomic E-state index is -0.0755. The van der Waals surface area contributed by atoms with Gasteiger partial charge in [0.15, 0.2) is 5.82 Å². The number of benzene rings is 1. The van der Waals surface area contributed by atoms with Gasteiger partial charge in [0.1, 0.15) is 5.82 Å². The van der Waals surface area contributed by atoms with E-state index in [0.29, 0.717) is 12.4 Å². The van der Waals surface area contributed by atoms with Crippen LogP contribution in [0.1, 0.15) is 17.8 Å². The molecule has 0 fully saturated rings. The van der Waals surface area contributed by atoms with E-state index >= 15 is 0 Å². The number of carbonyl (C=O) groups excluding carboxylic acids is 1. The standard InChI is InChI=1S/C22H27N5OS/c1-26(2)13-6-12-23-22-18-7-4-5-8-19(18)24-20(25-22)15-27(3)21(28)10-9-17-11-14-29-16-17/h4-5,7-11,14,16H,6,12-13,15H2,1-3H3,(H,23,24,25)/b10-9+. The van der Waals surface area contributed by atoms with Gasteiger partial charge in [-0.25, -0.2) is 9.97 Å². The molecule has 29 heavy (non-hydrogen) atoms. The molecule has 0 unspecified atom stereocenters. The number of nitrogens with zero attached hydrogens (tertiary/aromatic N) is 4. The minimum absolute atomic E-state index is 0.0755. The lowest BCUT2D eigenvalue weighted by Gasteiger charge is -2.16. The number of hydrogen-bond donors (Lipinski definition) is 1. The lowest BCUT2D eigenvalue weighted by molar-refractivity contribution is -0.125. The van der Waals surface area contributed by atoms with E-state index in [9.17, 15) is 4.79 Å². The maximum absolute atomic E-state index is 12.4. The van der Waals surface area contributed by atoms with E-state index in [1.807, 2.05) is 47.2 Å². The fraction of sp³-hybridized carbons (Fsp3) is 0.318. The number of carbonyl (C=O) groups is 1. The number of rotatable bonds is 9. The second-order valence-corrected chi connectivity index (χ2v) is 7.95. The number of fused-ring (bicyclic) bond motifs is 1. The number of amides is 1. The Hall–Kier alpha value is -2.77. The third kappa shape index (κ3) is 6.10. The van der Waals surface area contributed by atoms with Crippen molar-refractivity contribution < 1.29 is 4.79 Å². The number of hydrogen-bond acceptors (Lipinski definition) is 6. The molecular weight excluding hydrogens is 382 g/mol. The smallest absolute Gasteiger partial charge is 0.246 e. The first-order valence-corrected chi connectivity index (χ1v) is 10.6. The van der Waals surface area contributed by atoms with Crippen LogP contribution in [0.2, 0.25) is 0 Å². The van der Waals surface area contributed by atoms with Crippen molar-refractivity contribution in [3.63, 3.8) is 0 Å². The van der Waals surface area contributed by atoms with Gasteiger partial charge in [-0.2, -0.15) is 11.3 Å². The second kappa shape index (κ2) is 10.1. The first-order valence-electron chi connectivity index (χ1n) is 9.62. The second-order valence-electron chi connectivity index (χ2n) is 7.17. The highest BCUT2D eigenvalue weighted by atomic mass is 32.1. The molecule has 7 heteroatoms. The third-order valence-corrected chi connectivity index (χ3v) is 5.14. The van der Waals surface area contributed by atoms with Gasteiger partial charge in [-0.05, 0) is 67.7 Å². The largest absolute Gasteiger partial charge is 0.369 e. The Bertz CT molecular complexity index is 969. The molecule has 0 saturated carbocycles. The monoisotopic (exact) mass is 409 g/mol. The number of nitrogens with one attached hydrogen (secondary N) is 1. The molecule has 2 heterocycles. The molecular formula is C22H27N5OS. The summed E-state index contributed by atoms with van der Waals surface area (Å²) < 4.78 is 0. The predicted octanol–water partition coefficient (Wildman–Crippen LogP) is 3.73. The van der Waals surface area contributed by atoms with Crippen LogP contribution in [0.15, 0.2) is 47.2 Å². The molecule has 3 rings (SSSR count). The molecule has 0 aliphatic rings. The summed E-state index contributed by atoms with van der Waals surface area (Å²) in [5.41, 5.74) is 1.91. The van der Waals surface area contributed by atoms with Crippen molar-refractivity contribution in [1.29, 1.82) is 0 Å². The van der Waals surface area contributed by atoms with E-state index in [-0.39, 0.29) is 5.91 Å². The molecule has 0 atom stereocenters. The molecule has 0 bridgehead atoms. The van der Waals surface area contributed by atoms with Crippen LogP contribution < -0.4 is 5.32 Å². The van der Waals surface area contributed by atoms with Gasteiger partial charge in [0.2, 0.25) is 5.91 Å². The van der Waals surface area contributed by atoms with E-state index < -0.39 is 0 Å². The summed E-state index contributed by atoms with van der Waals surface area (Å²) >= 11 is 1.61. The topological polar surface area (TPSA) is 61.4 Å². The molecule has 6 nitrogen and oxygen atoms in total. The van der Waals surface area contributed by atoms with Crippen LogP contribution in [0, 0.1) is 0 Å². The zero-order valence-electron chi connectivity index (χ0n) is 17.1. The summed E-state index contributed by atoms with van der Waals surface area (Å²) in [6.07, 6.45) is 4.43.